The van der Waals surface area contributed by atoms with Crippen LogP contribution in [-0.4, -0.2) is 20.4 Å². The maximum absolute atomic E-state index is 9.16. The van der Waals surface area contributed by atoms with Crippen molar-refractivity contribution in [1.29, 1.82) is 10.7 Å². The van der Waals surface area contributed by atoms with E-state index in [1.54, 1.807) is 24.4 Å². The Labute approximate surface area is 192 Å². The molecule has 0 aliphatic rings. The Kier molecular flexibility index (Phi) is 5.96. The smallest absolute Gasteiger partial charge is 0.181 e. The molecule has 4 aromatic rings. The molecule has 2 aromatic heterocycles. The number of aromatic nitrogens is 3. The lowest BCUT2D eigenvalue weighted by atomic mass is 10.1. The summed E-state index contributed by atoms with van der Waals surface area (Å²) in [5.74, 6) is 0.474. The van der Waals surface area contributed by atoms with Crippen molar-refractivity contribution in [3.05, 3.63) is 75.5 Å². The summed E-state index contributed by atoms with van der Waals surface area (Å²) >= 11 is 18.5. The normalized spacial score (nSPS) is 10.6. The van der Waals surface area contributed by atoms with Gasteiger partial charge in [-0.1, -0.05) is 34.8 Å². The quantitative estimate of drug-likeness (QED) is 0.294. The van der Waals surface area contributed by atoms with E-state index in [0.29, 0.717) is 34.2 Å². The maximum atomic E-state index is 9.16. The third kappa shape index (κ3) is 4.42. The van der Waals surface area contributed by atoms with Gasteiger partial charge in [-0.2, -0.15) is 10.4 Å². The fourth-order valence-corrected chi connectivity index (χ4v) is 3.66. The number of nitriles is 1. The summed E-state index contributed by atoms with van der Waals surface area (Å²) in [6.45, 7) is 0.371. The predicted molar refractivity (Wildman–Crippen MR) is 122 cm³/mol. The van der Waals surface area contributed by atoms with Gasteiger partial charge in [-0.25, -0.2) is 4.98 Å². The van der Waals surface area contributed by atoms with Crippen LogP contribution in [0.2, 0.25) is 10.0 Å². The number of nitrogens with zero attached hydrogens (tertiary/aromatic N) is 3. The highest BCUT2D eigenvalue weighted by Gasteiger charge is 2.19. The molecule has 0 aliphatic carbocycles. The molecule has 0 saturated heterocycles. The lowest BCUT2D eigenvalue weighted by Crippen LogP contribution is -2.07. The first-order valence-corrected chi connectivity index (χ1v) is 10.1. The third-order valence-electron chi connectivity index (χ3n) is 4.41. The van der Waals surface area contributed by atoms with Gasteiger partial charge in [0.2, 0.25) is 0 Å². The number of benzene rings is 2. The molecule has 0 spiro atoms. The van der Waals surface area contributed by atoms with Gasteiger partial charge < -0.3 is 10.1 Å². The lowest BCUT2D eigenvalue weighted by Gasteiger charge is -2.17. The minimum absolute atomic E-state index is 0.175. The fraction of sp³-hybridized carbons (Fsp3) is 0.0476. The predicted octanol–water partition coefficient (Wildman–Crippen LogP) is 6.10. The molecule has 10 heteroatoms. The average molecular weight is 472 g/mol. The summed E-state index contributed by atoms with van der Waals surface area (Å²) in [5, 5.41) is 28.8. The summed E-state index contributed by atoms with van der Waals surface area (Å²) < 4.78 is 5.91. The summed E-state index contributed by atoms with van der Waals surface area (Å²) in [6.07, 6.45) is 1.67. The number of H-pyrrole nitrogens is 1. The van der Waals surface area contributed by atoms with Crippen LogP contribution in [0.3, 0.4) is 0 Å². The molecule has 0 fully saturated rings. The third-order valence-corrected chi connectivity index (χ3v) is 5.12. The molecule has 2 aromatic carbocycles. The van der Waals surface area contributed by atoms with E-state index in [9.17, 15) is 0 Å². The number of anilines is 1. The molecule has 31 heavy (non-hydrogen) atoms. The molecule has 0 aliphatic heterocycles. The number of rotatable bonds is 6. The van der Waals surface area contributed by atoms with E-state index in [1.165, 1.54) is 12.1 Å². The van der Waals surface area contributed by atoms with Crippen molar-refractivity contribution in [2.75, 3.05) is 5.32 Å². The van der Waals surface area contributed by atoms with Gasteiger partial charge in [0, 0.05) is 22.3 Å². The van der Waals surface area contributed by atoms with Crippen molar-refractivity contribution in [2.24, 2.45) is 0 Å². The maximum Gasteiger partial charge on any atom is 0.181 e. The topological polar surface area (TPSA) is 110 Å². The monoisotopic (exact) mass is 470 g/mol. The van der Waals surface area contributed by atoms with Crippen LogP contribution in [0.1, 0.15) is 16.8 Å². The van der Waals surface area contributed by atoms with E-state index in [1.807, 2.05) is 18.2 Å². The SMILES string of the molecule is N#Cc1cc(Cl)cc(Oc2c(Cl)ccc(NCc3[nH]nc4ncccc34)c2C(=N)Cl)c1. The van der Waals surface area contributed by atoms with E-state index in [0.717, 1.165) is 11.1 Å². The number of fused-ring (bicyclic) bond motifs is 1. The van der Waals surface area contributed by atoms with Gasteiger partial charge in [-0.3, -0.25) is 10.5 Å². The standard InChI is InChI=1S/C21H13Cl3N6O/c22-12-6-11(9-25)7-13(8-12)31-19-15(23)3-4-16(18(19)20(24)26)28-10-17-14-2-1-5-27-21(14)30-29-17/h1-8,26,28H,10H2,(H,27,29,30). The Balaban J connectivity index is 1.69. The van der Waals surface area contributed by atoms with E-state index in [2.05, 4.69) is 20.5 Å². The number of hydrogen-bond acceptors (Lipinski definition) is 6. The van der Waals surface area contributed by atoms with Crippen LogP contribution >= 0.6 is 34.8 Å². The van der Waals surface area contributed by atoms with Crippen LogP contribution < -0.4 is 10.1 Å². The molecule has 0 amide bonds. The Hall–Kier alpha value is -3.31. The number of aromatic amines is 1. The van der Waals surface area contributed by atoms with Gasteiger partial charge in [0.05, 0.1) is 34.5 Å². The Morgan fingerprint density at radius 1 is 1.23 bits per heavy atom. The molecule has 2 heterocycles. The van der Waals surface area contributed by atoms with Crippen molar-refractivity contribution in [3.63, 3.8) is 0 Å². The Morgan fingerprint density at radius 3 is 2.84 bits per heavy atom. The zero-order valence-electron chi connectivity index (χ0n) is 15.7. The van der Waals surface area contributed by atoms with Crippen LogP contribution in [0.15, 0.2) is 48.7 Å². The highest BCUT2D eigenvalue weighted by Crippen LogP contribution is 2.39. The molecular formula is C21H13Cl3N6O. The Bertz CT molecular complexity index is 1340. The zero-order chi connectivity index (χ0) is 22.0. The van der Waals surface area contributed by atoms with Crippen molar-refractivity contribution in [2.45, 2.75) is 6.54 Å². The molecule has 0 bridgehead atoms. The minimum Gasteiger partial charge on any atom is -0.455 e. The van der Waals surface area contributed by atoms with Gasteiger partial charge >= 0.3 is 0 Å². The molecule has 0 saturated carbocycles. The highest BCUT2D eigenvalue weighted by atomic mass is 35.5. The van der Waals surface area contributed by atoms with Crippen LogP contribution in [0.4, 0.5) is 5.69 Å². The first-order chi connectivity index (χ1) is 15.0. The van der Waals surface area contributed by atoms with Gasteiger partial charge in [0.1, 0.15) is 10.9 Å². The van der Waals surface area contributed by atoms with Crippen LogP contribution in [-0.2, 0) is 6.54 Å². The molecule has 7 nitrogen and oxygen atoms in total. The first-order valence-electron chi connectivity index (χ1n) is 8.93. The lowest BCUT2D eigenvalue weighted by molar-refractivity contribution is 0.482. The van der Waals surface area contributed by atoms with E-state index in [-0.39, 0.29) is 21.5 Å². The van der Waals surface area contributed by atoms with Crippen molar-refractivity contribution >= 4 is 56.7 Å². The number of nitrogens with one attached hydrogen (secondary N) is 3. The first kappa shape index (κ1) is 20.9. The van der Waals surface area contributed by atoms with Crippen molar-refractivity contribution in [3.8, 4) is 17.6 Å². The van der Waals surface area contributed by atoms with E-state index >= 15 is 0 Å². The van der Waals surface area contributed by atoms with Gasteiger partial charge in [0.25, 0.3) is 0 Å². The van der Waals surface area contributed by atoms with Crippen molar-refractivity contribution < 1.29 is 4.74 Å². The van der Waals surface area contributed by atoms with Gasteiger partial charge in [-0.05, 0) is 42.5 Å². The Morgan fingerprint density at radius 2 is 2.06 bits per heavy atom. The number of hydrogen-bond donors (Lipinski definition) is 3. The molecule has 3 N–H and O–H groups in total. The van der Waals surface area contributed by atoms with Crippen molar-refractivity contribution in [1.82, 2.24) is 15.2 Å². The number of ether oxygens (including phenoxy) is 1. The minimum atomic E-state index is -0.265. The summed E-state index contributed by atoms with van der Waals surface area (Å²) in [5.41, 5.74) is 2.57. The van der Waals surface area contributed by atoms with E-state index in [4.69, 9.17) is 50.2 Å². The number of pyridine rings is 1. The molecule has 154 valence electrons. The summed E-state index contributed by atoms with van der Waals surface area (Å²) in [6, 6.07) is 13.7. The van der Waals surface area contributed by atoms with Crippen LogP contribution in [0, 0.1) is 16.7 Å². The fourth-order valence-electron chi connectivity index (χ4n) is 3.05. The molecule has 0 atom stereocenters. The second-order valence-corrected chi connectivity index (χ2v) is 7.65. The van der Waals surface area contributed by atoms with Gasteiger partial charge in [-0.15, -0.1) is 0 Å². The molecule has 0 radical (unpaired) electrons. The van der Waals surface area contributed by atoms with Crippen LogP contribution in [0.5, 0.6) is 11.5 Å². The number of halogens is 3. The second-order valence-electron chi connectivity index (χ2n) is 6.43. The average Bonchev–Trinajstić information content (AvgIpc) is 3.16. The molecular weight excluding hydrogens is 459 g/mol. The second kappa shape index (κ2) is 8.82. The summed E-state index contributed by atoms with van der Waals surface area (Å²) in [7, 11) is 0. The largest absolute Gasteiger partial charge is 0.455 e. The van der Waals surface area contributed by atoms with E-state index < -0.39 is 0 Å². The summed E-state index contributed by atoms with van der Waals surface area (Å²) in [4.78, 5) is 4.20. The highest BCUT2D eigenvalue weighted by molar-refractivity contribution is 6.69. The van der Waals surface area contributed by atoms with Crippen LogP contribution in [0.25, 0.3) is 11.0 Å². The van der Waals surface area contributed by atoms with Gasteiger partial charge in [0.15, 0.2) is 11.4 Å². The molecule has 4 rings (SSSR count). The molecule has 0 unspecified atom stereocenters. The zero-order valence-corrected chi connectivity index (χ0v) is 18.0.